The van der Waals surface area contributed by atoms with E-state index in [1.54, 1.807) is 12.1 Å². The number of nitriles is 1. The standard InChI is InChI=1S/C17H14Cl3N6O3/c18-12-5-10(22-23-11(8-21)9-27)6-13(19)16(12)29-15-7-14(17(20)25-24-15)26-1-3-28-4-2-26/h5-7,11,22-23H,1-4H2. The maximum atomic E-state index is 10.6. The molecule has 29 heavy (non-hydrogen) atoms. The van der Waals surface area contributed by atoms with Crippen molar-refractivity contribution in [3.05, 3.63) is 33.4 Å². The summed E-state index contributed by atoms with van der Waals surface area (Å²) in [5.41, 5.74) is 6.20. The number of morpholine rings is 1. The van der Waals surface area contributed by atoms with Crippen LogP contribution in [0.2, 0.25) is 15.2 Å². The number of aromatic nitrogens is 2. The molecular formula is C17H14Cl3N6O3. The van der Waals surface area contributed by atoms with Crippen molar-refractivity contribution in [1.82, 2.24) is 15.6 Å². The van der Waals surface area contributed by atoms with Crippen molar-refractivity contribution in [2.75, 3.05) is 36.6 Å². The molecule has 1 atom stereocenters. The van der Waals surface area contributed by atoms with E-state index >= 15 is 0 Å². The fraction of sp³-hybridized carbons (Fsp3) is 0.294. The van der Waals surface area contributed by atoms with Crippen LogP contribution in [0.25, 0.3) is 0 Å². The molecule has 1 aromatic carbocycles. The number of benzene rings is 1. The van der Waals surface area contributed by atoms with Crippen molar-refractivity contribution in [3.8, 4) is 17.7 Å². The molecule has 0 saturated carbocycles. The molecule has 2 N–H and O–H groups in total. The molecule has 1 saturated heterocycles. The minimum Gasteiger partial charge on any atom is -0.434 e. The van der Waals surface area contributed by atoms with E-state index in [0.717, 1.165) is 0 Å². The van der Waals surface area contributed by atoms with Gasteiger partial charge in [-0.15, -0.1) is 10.2 Å². The third-order valence-electron chi connectivity index (χ3n) is 3.87. The highest BCUT2D eigenvalue weighted by molar-refractivity contribution is 6.37. The number of nitrogens with zero attached hydrogens (tertiary/aromatic N) is 4. The molecule has 1 aliphatic heterocycles. The van der Waals surface area contributed by atoms with Gasteiger partial charge in [0.2, 0.25) is 12.2 Å². The highest BCUT2D eigenvalue weighted by atomic mass is 35.5. The SMILES string of the molecule is N#CC([C]=O)NNc1cc(Cl)c(Oc2cc(N3CCOCC3)c(Cl)nn2)c(Cl)c1. The first-order valence-electron chi connectivity index (χ1n) is 8.33. The fourth-order valence-electron chi connectivity index (χ4n) is 2.50. The van der Waals surface area contributed by atoms with Crippen LogP contribution in [-0.4, -0.2) is 48.8 Å². The molecule has 2 heterocycles. The van der Waals surface area contributed by atoms with Gasteiger partial charge in [0.1, 0.15) is 0 Å². The molecule has 3 rings (SSSR count). The van der Waals surface area contributed by atoms with E-state index < -0.39 is 6.04 Å². The Kier molecular flexibility index (Phi) is 7.30. The summed E-state index contributed by atoms with van der Waals surface area (Å²) in [6, 6.07) is 5.21. The first-order valence-corrected chi connectivity index (χ1v) is 9.47. The van der Waals surface area contributed by atoms with E-state index in [1.165, 1.54) is 18.4 Å². The van der Waals surface area contributed by atoms with Crippen LogP contribution in [0.4, 0.5) is 11.4 Å². The Hall–Kier alpha value is -2.35. The van der Waals surface area contributed by atoms with Crippen LogP contribution in [0.5, 0.6) is 11.6 Å². The molecule has 151 valence electrons. The number of hydrazine groups is 1. The van der Waals surface area contributed by atoms with Gasteiger partial charge in [0.05, 0.1) is 40.7 Å². The van der Waals surface area contributed by atoms with E-state index in [-0.39, 0.29) is 26.8 Å². The van der Waals surface area contributed by atoms with Crippen molar-refractivity contribution in [2.24, 2.45) is 0 Å². The third-order valence-corrected chi connectivity index (χ3v) is 4.70. The zero-order valence-corrected chi connectivity index (χ0v) is 17.1. The van der Waals surface area contributed by atoms with E-state index in [2.05, 4.69) is 21.0 Å². The molecule has 1 radical (unpaired) electrons. The van der Waals surface area contributed by atoms with Gasteiger partial charge < -0.3 is 19.8 Å². The molecule has 2 aromatic rings. The van der Waals surface area contributed by atoms with Gasteiger partial charge in [0, 0.05) is 19.2 Å². The maximum absolute atomic E-state index is 10.6. The van der Waals surface area contributed by atoms with Gasteiger partial charge in [-0.05, 0) is 12.1 Å². The number of hydrogen-bond acceptors (Lipinski definition) is 9. The lowest BCUT2D eigenvalue weighted by atomic mass is 10.3. The van der Waals surface area contributed by atoms with Crippen LogP contribution in [-0.2, 0) is 9.53 Å². The number of hydrogen-bond donors (Lipinski definition) is 2. The lowest BCUT2D eigenvalue weighted by Crippen LogP contribution is -2.36. The van der Waals surface area contributed by atoms with Gasteiger partial charge in [0.15, 0.2) is 16.9 Å². The van der Waals surface area contributed by atoms with Gasteiger partial charge in [-0.1, -0.05) is 34.8 Å². The Morgan fingerprint density at radius 3 is 2.48 bits per heavy atom. The molecule has 1 aromatic heterocycles. The maximum Gasteiger partial charge on any atom is 0.241 e. The van der Waals surface area contributed by atoms with E-state index in [9.17, 15) is 4.79 Å². The summed E-state index contributed by atoms with van der Waals surface area (Å²) in [5.74, 6) is 0.334. The minimum atomic E-state index is -1.15. The van der Waals surface area contributed by atoms with Crippen molar-refractivity contribution >= 4 is 52.5 Å². The Balaban J connectivity index is 1.78. The van der Waals surface area contributed by atoms with E-state index in [1.807, 2.05) is 4.90 Å². The molecule has 1 aliphatic rings. The summed E-state index contributed by atoms with van der Waals surface area (Å²) in [7, 11) is 0. The van der Waals surface area contributed by atoms with Crippen molar-refractivity contribution in [3.63, 3.8) is 0 Å². The Labute approximate surface area is 181 Å². The number of anilines is 2. The molecule has 0 amide bonds. The molecule has 0 spiro atoms. The van der Waals surface area contributed by atoms with Crippen molar-refractivity contribution < 1.29 is 14.3 Å². The number of carbonyl (C=O) groups excluding carboxylic acids is 1. The number of ether oxygens (including phenoxy) is 2. The zero-order valence-electron chi connectivity index (χ0n) is 14.8. The second kappa shape index (κ2) is 9.91. The smallest absolute Gasteiger partial charge is 0.241 e. The summed E-state index contributed by atoms with van der Waals surface area (Å²) >= 11 is 18.7. The Morgan fingerprint density at radius 2 is 1.86 bits per heavy atom. The van der Waals surface area contributed by atoms with Gasteiger partial charge in [-0.2, -0.15) is 5.26 Å². The Morgan fingerprint density at radius 1 is 1.17 bits per heavy atom. The highest BCUT2D eigenvalue weighted by Gasteiger charge is 2.19. The summed E-state index contributed by atoms with van der Waals surface area (Å²) < 4.78 is 11.1. The first-order chi connectivity index (χ1) is 14.0. The topological polar surface area (TPSA) is 112 Å². The molecule has 12 heteroatoms. The molecule has 0 aliphatic carbocycles. The average Bonchev–Trinajstić information content (AvgIpc) is 2.73. The second-order valence-electron chi connectivity index (χ2n) is 5.78. The normalized spacial score (nSPS) is 14.8. The monoisotopic (exact) mass is 455 g/mol. The number of rotatable bonds is 7. The summed E-state index contributed by atoms with van der Waals surface area (Å²) in [6.45, 7) is 2.51. The number of halogens is 3. The third kappa shape index (κ3) is 5.38. The second-order valence-corrected chi connectivity index (χ2v) is 6.95. The van der Waals surface area contributed by atoms with Crippen molar-refractivity contribution in [2.45, 2.75) is 6.04 Å². The first kappa shape index (κ1) is 21.4. The predicted molar refractivity (Wildman–Crippen MR) is 108 cm³/mol. The van der Waals surface area contributed by atoms with Crippen LogP contribution >= 0.6 is 34.8 Å². The molecular weight excluding hydrogens is 443 g/mol. The predicted octanol–water partition coefficient (Wildman–Crippen LogP) is 2.98. The van der Waals surface area contributed by atoms with E-state index in [4.69, 9.17) is 49.5 Å². The summed E-state index contributed by atoms with van der Waals surface area (Å²) in [6.07, 6.45) is 1.52. The van der Waals surface area contributed by atoms with Crippen LogP contribution in [0.1, 0.15) is 0 Å². The largest absolute Gasteiger partial charge is 0.434 e. The average molecular weight is 457 g/mol. The number of nitrogens with one attached hydrogen (secondary N) is 2. The van der Waals surface area contributed by atoms with Crippen LogP contribution in [0.3, 0.4) is 0 Å². The quantitative estimate of drug-likeness (QED) is 0.607. The molecule has 1 unspecified atom stereocenters. The van der Waals surface area contributed by atoms with Crippen LogP contribution in [0.15, 0.2) is 18.2 Å². The van der Waals surface area contributed by atoms with Gasteiger partial charge >= 0.3 is 0 Å². The fourth-order valence-corrected chi connectivity index (χ4v) is 3.28. The molecule has 9 nitrogen and oxygen atoms in total. The van der Waals surface area contributed by atoms with Crippen LogP contribution in [0, 0.1) is 11.3 Å². The Bertz CT molecular complexity index is 910. The lowest BCUT2D eigenvalue weighted by molar-refractivity contribution is 0.122. The zero-order chi connectivity index (χ0) is 20.8. The van der Waals surface area contributed by atoms with Gasteiger partial charge in [-0.25, -0.2) is 5.43 Å². The summed E-state index contributed by atoms with van der Waals surface area (Å²) in [5, 5.41) is 17.2. The lowest BCUT2D eigenvalue weighted by Gasteiger charge is -2.29. The minimum absolute atomic E-state index is 0.165. The summed E-state index contributed by atoms with van der Waals surface area (Å²) in [4.78, 5) is 12.6. The molecule has 0 bridgehead atoms. The van der Waals surface area contributed by atoms with Crippen molar-refractivity contribution in [1.29, 1.82) is 5.26 Å². The van der Waals surface area contributed by atoms with Gasteiger partial charge in [-0.3, -0.25) is 4.79 Å². The van der Waals surface area contributed by atoms with Gasteiger partial charge in [0.25, 0.3) is 0 Å². The molecule has 1 fully saturated rings. The highest BCUT2D eigenvalue weighted by Crippen LogP contribution is 2.39. The van der Waals surface area contributed by atoms with E-state index in [0.29, 0.717) is 37.7 Å². The van der Waals surface area contributed by atoms with Crippen LogP contribution < -0.4 is 20.5 Å².